The van der Waals surface area contributed by atoms with E-state index in [1.807, 2.05) is 0 Å². The van der Waals surface area contributed by atoms with Crippen LogP contribution in [0.4, 0.5) is 5.95 Å². The number of nitrogens with one attached hydrogen (secondary N) is 4. The number of carbonyl (C=O) groups excluding carboxylic acids is 2. The summed E-state index contributed by atoms with van der Waals surface area (Å²) in [7, 11) is 1.41. The topological polar surface area (TPSA) is 259 Å². The summed E-state index contributed by atoms with van der Waals surface area (Å²) in [4.78, 5) is 76.2. The van der Waals surface area contributed by atoms with Gasteiger partial charge in [0.1, 0.15) is 11.7 Å². The maximum Gasteiger partial charge on any atom is 0.422 e. The van der Waals surface area contributed by atoms with Crippen molar-refractivity contribution in [2.45, 2.75) is 25.0 Å². The van der Waals surface area contributed by atoms with Gasteiger partial charge in [-0.2, -0.15) is 4.98 Å². The first-order valence-corrected chi connectivity index (χ1v) is 13.6. The van der Waals surface area contributed by atoms with Crippen LogP contribution in [-0.4, -0.2) is 81.2 Å². The first-order chi connectivity index (χ1) is 21.2. The number of nitrogen functional groups attached to an aromatic ring is 1. The number of likely N-dealkylation sites (tertiary alicyclic amines) is 1. The molecule has 0 aliphatic carbocycles. The van der Waals surface area contributed by atoms with E-state index in [1.54, 1.807) is 6.20 Å². The van der Waals surface area contributed by atoms with Gasteiger partial charge in [-0.3, -0.25) is 23.9 Å². The minimum absolute atomic E-state index is 0.0167. The minimum atomic E-state index is -0.913. The molecule has 4 heterocycles. The van der Waals surface area contributed by atoms with E-state index in [9.17, 15) is 24.0 Å². The van der Waals surface area contributed by atoms with E-state index in [4.69, 9.17) is 16.0 Å². The van der Waals surface area contributed by atoms with Gasteiger partial charge in [0.25, 0.3) is 11.5 Å². The molecule has 0 spiro atoms. The van der Waals surface area contributed by atoms with Gasteiger partial charge in [0, 0.05) is 49.9 Å². The number of benzene rings is 1. The molecule has 230 valence electrons. The normalized spacial score (nSPS) is 16.3. The summed E-state index contributed by atoms with van der Waals surface area (Å²) in [5.74, 6) is -1.81. The molecule has 0 unspecified atom stereocenters. The number of carbonyl (C=O) groups is 2. The number of nitrogens with two attached hydrogens (primary N) is 1. The minimum Gasteiger partial charge on any atom is -0.378 e. The molecule has 18 nitrogen and oxygen atoms in total. The molecule has 1 aromatic carbocycles. The van der Waals surface area contributed by atoms with Gasteiger partial charge in [-0.25, -0.2) is 9.59 Å². The molecule has 4 aromatic rings. The van der Waals surface area contributed by atoms with Gasteiger partial charge in [0.2, 0.25) is 11.9 Å². The van der Waals surface area contributed by atoms with Crippen LogP contribution in [0.15, 0.2) is 48.3 Å². The van der Waals surface area contributed by atoms with E-state index in [0.717, 1.165) is 10.1 Å². The molecule has 1 saturated heterocycles. The number of nitrogens with zero attached hydrogens (tertiary/aromatic N) is 6. The largest absolute Gasteiger partial charge is 0.422 e. The Balaban J connectivity index is 1.13. The number of ether oxygens (including phenoxy) is 1. The summed E-state index contributed by atoms with van der Waals surface area (Å²) in [5.41, 5.74) is 14.8. The Kier molecular flexibility index (Phi) is 8.75. The number of H-pyrrole nitrogens is 2. The first kappa shape index (κ1) is 30.0. The number of aryl methyl sites for hydroxylation is 1. The Hall–Kier alpha value is -5.45. The van der Waals surface area contributed by atoms with Crippen molar-refractivity contribution in [3.63, 3.8) is 0 Å². The standard InChI is InChI=1S/C26H29N11O7/c1-36-17-8-13(2-3-16(17)24(41)44-26(36)42)23(40)37-12-15(34-35-28)9-18(37)21(38)30-5-7-43-6-4-29-10-14-11-31-20-19(14)22(39)33-25(27)32-20/h2-3,8,11,15,18,29H,4-7,9-10,12H2,1H3,(H,30,38)(H4,27,31,32,33,39)/t15-,18-/m0/s1. The summed E-state index contributed by atoms with van der Waals surface area (Å²) < 4.78 is 11.3. The van der Waals surface area contributed by atoms with Gasteiger partial charge in [0.05, 0.1) is 35.5 Å². The van der Waals surface area contributed by atoms with Crippen LogP contribution in [-0.2, 0) is 23.1 Å². The number of aromatic amines is 2. The Morgan fingerprint density at radius 2 is 2.07 bits per heavy atom. The van der Waals surface area contributed by atoms with Crippen LogP contribution in [0.1, 0.15) is 22.3 Å². The lowest BCUT2D eigenvalue weighted by Gasteiger charge is -2.24. The smallest absolute Gasteiger partial charge is 0.378 e. The van der Waals surface area contributed by atoms with Crippen molar-refractivity contribution in [1.82, 2.24) is 35.1 Å². The average Bonchev–Trinajstić information content (AvgIpc) is 3.61. The Morgan fingerprint density at radius 3 is 2.86 bits per heavy atom. The molecule has 0 radical (unpaired) electrons. The van der Waals surface area contributed by atoms with Crippen LogP contribution >= 0.6 is 0 Å². The highest BCUT2D eigenvalue weighted by Gasteiger charge is 2.39. The van der Waals surface area contributed by atoms with Gasteiger partial charge in [-0.05, 0) is 35.7 Å². The lowest BCUT2D eigenvalue weighted by atomic mass is 10.1. The van der Waals surface area contributed by atoms with E-state index in [2.05, 4.69) is 40.0 Å². The van der Waals surface area contributed by atoms with Crippen LogP contribution < -0.4 is 33.3 Å². The van der Waals surface area contributed by atoms with Crippen molar-refractivity contribution in [1.29, 1.82) is 0 Å². The van der Waals surface area contributed by atoms with E-state index in [1.165, 1.54) is 30.1 Å². The Bertz CT molecular complexity index is 1950. The van der Waals surface area contributed by atoms with E-state index < -0.39 is 35.3 Å². The number of anilines is 1. The summed E-state index contributed by atoms with van der Waals surface area (Å²) in [6.07, 6.45) is 1.81. The molecule has 18 heteroatoms. The van der Waals surface area contributed by atoms with Crippen LogP contribution in [0.3, 0.4) is 0 Å². The fourth-order valence-electron chi connectivity index (χ4n) is 5.12. The number of azide groups is 1. The third kappa shape index (κ3) is 6.17. The van der Waals surface area contributed by atoms with Crippen molar-refractivity contribution in [3.8, 4) is 0 Å². The molecule has 0 bridgehead atoms. The van der Waals surface area contributed by atoms with Crippen LogP contribution in [0.25, 0.3) is 32.4 Å². The maximum atomic E-state index is 13.5. The zero-order valence-electron chi connectivity index (χ0n) is 23.5. The molecular formula is C26H29N11O7. The lowest BCUT2D eigenvalue weighted by Crippen LogP contribution is -2.46. The first-order valence-electron chi connectivity index (χ1n) is 13.6. The highest BCUT2D eigenvalue weighted by atomic mass is 16.5. The monoisotopic (exact) mass is 607 g/mol. The number of aromatic nitrogens is 4. The Morgan fingerprint density at radius 1 is 1.27 bits per heavy atom. The molecule has 1 aliphatic rings. The van der Waals surface area contributed by atoms with E-state index >= 15 is 0 Å². The van der Waals surface area contributed by atoms with Gasteiger partial charge in [0.15, 0.2) is 0 Å². The second-order valence-corrected chi connectivity index (χ2v) is 10.1. The van der Waals surface area contributed by atoms with Gasteiger partial charge < -0.3 is 35.4 Å². The molecular weight excluding hydrogens is 578 g/mol. The van der Waals surface area contributed by atoms with Crippen LogP contribution in [0, 0.1) is 0 Å². The number of rotatable bonds is 11. The summed E-state index contributed by atoms with van der Waals surface area (Å²) >= 11 is 0. The second-order valence-electron chi connectivity index (χ2n) is 10.1. The van der Waals surface area contributed by atoms with Gasteiger partial charge >= 0.3 is 11.4 Å². The predicted molar refractivity (Wildman–Crippen MR) is 157 cm³/mol. The zero-order chi connectivity index (χ0) is 31.4. The van der Waals surface area contributed by atoms with Crippen LogP contribution in [0.5, 0.6) is 0 Å². The highest BCUT2D eigenvalue weighted by molar-refractivity contribution is 6.00. The Labute approximate surface area is 246 Å². The molecule has 1 fully saturated rings. The number of amides is 2. The summed E-state index contributed by atoms with van der Waals surface area (Å²) in [6, 6.07) is 2.65. The maximum absolute atomic E-state index is 13.5. The second kappa shape index (κ2) is 12.8. The molecule has 6 N–H and O–H groups in total. The molecule has 44 heavy (non-hydrogen) atoms. The predicted octanol–water partition coefficient (Wildman–Crippen LogP) is -0.545. The molecule has 2 amide bonds. The molecule has 5 rings (SSSR count). The average molecular weight is 608 g/mol. The lowest BCUT2D eigenvalue weighted by molar-refractivity contribution is -0.125. The van der Waals surface area contributed by atoms with Gasteiger partial charge in [-0.1, -0.05) is 5.11 Å². The van der Waals surface area contributed by atoms with Gasteiger partial charge in [-0.15, -0.1) is 0 Å². The fourth-order valence-corrected chi connectivity index (χ4v) is 5.12. The van der Waals surface area contributed by atoms with Crippen LogP contribution in [0.2, 0.25) is 0 Å². The molecule has 1 aliphatic heterocycles. The highest BCUT2D eigenvalue weighted by Crippen LogP contribution is 2.24. The van der Waals surface area contributed by atoms with Crippen molar-refractivity contribution in [2.75, 3.05) is 38.6 Å². The molecule has 0 saturated carbocycles. The van der Waals surface area contributed by atoms with Crippen molar-refractivity contribution in [3.05, 3.63) is 77.3 Å². The molecule has 3 aromatic heterocycles. The number of hydrogen-bond acceptors (Lipinski definition) is 11. The number of fused-ring (bicyclic) bond motifs is 2. The van der Waals surface area contributed by atoms with E-state index in [-0.39, 0.29) is 54.1 Å². The van der Waals surface area contributed by atoms with Crippen molar-refractivity contribution < 1.29 is 18.7 Å². The fraction of sp³-hybridized carbons (Fsp3) is 0.385. The summed E-state index contributed by atoms with van der Waals surface area (Å²) in [6.45, 7) is 1.58. The summed E-state index contributed by atoms with van der Waals surface area (Å²) in [5, 5.41) is 10.2. The SMILES string of the molecule is Cn1c(=O)oc(=O)c2ccc(C(=O)N3C[C@@H](N=[N+]=[N-])C[C@H]3C(=O)NCCOCCNCc3c[nH]c4nc(N)[nH]c(=O)c34)cc21. The molecule has 2 atom stereocenters. The quantitative estimate of drug-likeness (QED) is 0.0629. The van der Waals surface area contributed by atoms with Crippen molar-refractivity contribution in [2.24, 2.45) is 12.2 Å². The third-order valence-corrected chi connectivity index (χ3v) is 7.26. The number of hydrogen-bond donors (Lipinski definition) is 5. The third-order valence-electron chi connectivity index (χ3n) is 7.26. The van der Waals surface area contributed by atoms with E-state index in [0.29, 0.717) is 30.7 Å². The zero-order valence-corrected chi connectivity index (χ0v) is 23.5. The van der Waals surface area contributed by atoms with Crippen molar-refractivity contribution >= 4 is 39.7 Å².